The highest BCUT2D eigenvalue weighted by Crippen LogP contribution is 2.41. The Morgan fingerprint density at radius 1 is 1.10 bits per heavy atom. The minimum Gasteiger partial charge on any atom is -0.341 e. The molecule has 2 N–H and O–H groups in total. The normalized spacial score (nSPS) is 14.5. The van der Waals surface area contributed by atoms with Crippen LogP contribution in [0.3, 0.4) is 0 Å². The van der Waals surface area contributed by atoms with E-state index in [0.29, 0.717) is 12.1 Å². The number of anilines is 1. The van der Waals surface area contributed by atoms with E-state index >= 15 is 0 Å². The summed E-state index contributed by atoms with van der Waals surface area (Å²) in [6, 6.07) is 8.47. The lowest BCUT2D eigenvalue weighted by Gasteiger charge is -2.19. The highest BCUT2D eigenvalue weighted by Gasteiger charge is 2.36. The van der Waals surface area contributed by atoms with Crippen molar-refractivity contribution >= 4 is 29.1 Å². The number of carbonyl (C=O) groups excluding carboxylic acids is 2. The van der Waals surface area contributed by atoms with Crippen molar-refractivity contribution in [1.29, 1.82) is 5.26 Å². The summed E-state index contributed by atoms with van der Waals surface area (Å²) >= 11 is 6.27. The maximum absolute atomic E-state index is 14.1. The van der Waals surface area contributed by atoms with Gasteiger partial charge in [-0.1, -0.05) is 11.6 Å². The fourth-order valence-corrected chi connectivity index (χ4v) is 4.45. The van der Waals surface area contributed by atoms with Gasteiger partial charge in [-0.3, -0.25) is 9.59 Å². The molecule has 0 bridgehead atoms. The number of aromatic nitrogens is 2. The third-order valence-corrected chi connectivity index (χ3v) is 6.30. The number of benzene rings is 3. The Morgan fingerprint density at radius 3 is 2.56 bits per heavy atom. The van der Waals surface area contributed by atoms with Crippen LogP contribution >= 0.6 is 11.6 Å². The molecule has 1 unspecified atom stereocenters. The number of hydrogen-bond donors (Lipinski definition) is 2. The van der Waals surface area contributed by atoms with E-state index in [9.17, 15) is 31.5 Å². The first kappa shape index (κ1) is 25.9. The van der Waals surface area contributed by atoms with Gasteiger partial charge in [0, 0.05) is 39.2 Å². The molecule has 5 rings (SSSR count). The average Bonchev–Trinajstić information content (AvgIpc) is 3.49. The average molecular weight is 558 g/mol. The third kappa shape index (κ3) is 4.92. The second-order valence-corrected chi connectivity index (χ2v) is 8.90. The molecule has 3 aromatic carbocycles. The first-order chi connectivity index (χ1) is 18.4. The van der Waals surface area contributed by atoms with Gasteiger partial charge < -0.3 is 10.6 Å². The topological polar surface area (TPSA) is 99.8 Å². The number of carbonyl (C=O) groups is 2. The molecular weight excluding hydrogens is 545 g/mol. The Labute approximate surface area is 221 Å². The van der Waals surface area contributed by atoms with E-state index < -0.39 is 46.8 Å². The maximum atomic E-state index is 14.1. The molecule has 0 fully saturated rings. The summed E-state index contributed by atoms with van der Waals surface area (Å²) in [6.07, 6.45) is -2.30. The molecule has 1 aromatic heterocycles. The molecular formula is C26H13ClF5N5O2. The zero-order valence-corrected chi connectivity index (χ0v) is 20.0. The predicted molar refractivity (Wildman–Crippen MR) is 128 cm³/mol. The van der Waals surface area contributed by atoms with Gasteiger partial charge in [0.2, 0.25) is 0 Å². The van der Waals surface area contributed by atoms with Gasteiger partial charge in [-0.2, -0.15) is 23.5 Å². The number of rotatable bonds is 4. The molecule has 39 heavy (non-hydrogen) atoms. The fourth-order valence-electron chi connectivity index (χ4n) is 4.22. The van der Waals surface area contributed by atoms with Crippen molar-refractivity contribution in [3.8, 4) is 11.8 Å². The molecule has 196 valence electrons. The van der Waals surface area contributed by atoms with Crippen LogP contribution in [0.2, 0.25) is 5.02 Å². The van der Waals surface area contributed by atoms with Crippen LogP contribution < -0.4 is 10.6 Å². The molecule has 0 spiro atoms. The molecule has 1 atom stereocenters. The number of nitrogens with zero attached hydrogens (tertiary/aromatic N) is 3. The Hall–Kier alpha value is -4.76. The number of fused-ring (bicyclic) bond motifs is 1. The van der Waals surface area contributed by atoms with E-state index in [-0.39, 0.29) is 44.7 Å². The van der Waals surface area contributed by atoms with Gasteiger partial charge >= 0.3 is 6.18 Å². The zero-order valence-electron chi connectivity index (χ0n) is 19.3. The van der Waals surface area contributed by atoms with Crippen LogP contribution in [0.15, 0.2) is 60.9 Å². The van der Waals surface area contributed by atoms with Gasteiger partial charge in [-0.15, -0.1) is 0 Å². The molecule has 4 aromatic rings. The summed E-state index contributed by atoms with van der Waals surface area (Å²) in [5, 5.41) is 18.4. The molecule has 0 aliphatic carbocycles. The molecule has 7 nitrogen and oxygen atoms in total. The molecule has 2 amide bonds. The van der Waals surface area contributed by atoms with Crippen molar-refractivity contribution in [2.75, 3.05) is 5.32 Å². The smallest absolute Gasteiger partial charge is 0.341 e. The highest BCUT2D eigenvalue weighted by atomic mass is 35.5. The van der Waals surface area contributed by atoms with E-state index in [1.807, 2.05) is 6.07 Å². The van der Waals surface area contributed by atoms with E-state index in [0.717, 1.165) is 12.1 Å². The second kappa shape index (κ2) is 9.52. The second-order valence-electron chi connectivity index (χ2n) is 8.49. The number of halogens is 6. The van der Waals surface area contributed by atoms with E-state index in [2.05, 4.69) is 15.7 Å². The van der Waals surface area contributed by atoms with Crippen LogP contribution in [0.5, 0.6) is 0 Å². The minimum atomic E-state index is -4.91. The summed E-state index contributed by atoms with van der Waals surface area (Å²) in [5.74, 6) is -3.67. The molecule has 0 saturated heterocycles. The van der Waals surface area contributed by atoms with E-state index in [1.165, 1.54) is 35.3 Å². The summed E-state index contributed by atoms with van der Waals surface area (Å²) < 4.78 is 69.0. The quantitative estimate of drug-likeness (QED) is 0.311. The highest BCUT2D eigenvalue weighted by molar-refractivity contribution is 6.31. The molecule has 1 aliphatic rings. The largest absolute Gasteiger partial charge is 0.416 e. The van der Waals surface area contributed by atoms with Crippen molar-refractivity contribution in [2.45, 2.75) is 12.2 Å². The van der Waals surface area contributed by atoms with Crippen LogP contribution in [-0.2, 0) is 6.18 Å². The lowest BCUT2D eigenvalue weighted by molar-refractivity contribution is -0.137. The van der Waals surface area contributed by atoms with E-state index in [4.69, 9.17) is 16.9 Å². The third-order valence-electron chi connectivity index (χ3n) is 5.95. The summed E-state index contributed by atoms with van der Waals surface area (Å²) in [6.45, 7) is 0. The van der Waals surface area contributed by atoms with Crippen LogP contribution in [0.25, 0.3) is 5.69 Å². The minimum absolute atomic E-state index is 0.0253. The van der Waals surface area contributed by atoms with E-state index in [1.54, 1.807) is 0 Å². The number of alkyl halides is 3. The summed E-state index contributed by atoms with van der Waals surface area (Å²) in [4.78, 5) is 26.1. The molecule has 1 aliphatic heterocycles. The molecule has 13 heteroatoms. The molecule has 2 heterocycles. The molecule has 0 radical (unpaired) electrons. The Morgan fingerprint density at radius 2 is 1.87 bits per heavy atom. The van der Waals surface area contributed by atoms with Gasteiger partial charge in [-0.25, -0.2) is 13.5 Å². The number of nitrogens with one attached hydrogen (secondary N) is 2. The Balaban J connectivity index is 1.66. The number of nitriles is 1. The van der Waals surface area contributed by atoms with Crippen LogP contribution in [0.4, 0.5) is 27.6 Å². The van der Waals surface area contributed by atoms with Crippen LogP contribution in [0.1, 0.15) is 49.0 Å². The van der Waals surface area contributed by atoms with Crippen molar-refractivity contribution in [3.63, 3.8) is 0 Å². The summed E-state index contributed by atoms with van der Waals surface area (Å²) in [7, 11) is 0. The Kier molecular flexibility index (Phi) is 6.32. The first-order valence-electron chi connectivity index (χ1n) is 11.0. The van der Waals surface area contributed by atoms with Gasteiger partial charge in [0.05, 0.1) is 29.1 Å². The first-order valence-corrected chi connectivity index (χ1v) is 11.4. The van der Waals surface area contributed by atoms with Crippen molar-refractivity contribution < 1.29 is 31.5 Å². The van der Waals surface area contributed by atoms with Crippen molar-refractivity contribution in [2.24, 2.45) is 0 Å². The van der Waals surface area contributed by atoms with Gasteiger partial charge in [0.1, 0.15) is 17.7 Å². The SMILES string of the molecule is N#Cc1cnn(-c2cc(NC(=O)c3cc(F)cc(C(F)(F)F)c3)c3c(c2)C(=O)NC3c2cc(F)ccc2Cl)c1. The number of hydrogen-bond acceptors (Lipinski definition) is 4. The molecule has 0 saturated carbocycles. The summed E-state index contributed by atoms with van der Waals surface area (Å²) in [5.41, 5.74) is -1.34. The van der Waals surface area contributed by atoms with Gasteiger partial charge in [0.25, 0.3) is 11.8 Å². The standard InChI is InChI=1S/C26H13ClF5N5O2/c27-20-2-1-15(28)6-18(20)23-22-19(25(39)36-23)7-17(37-11-12(9-33)10-34-37)8-21(22)35-24(38)13-3-14(26(30,31)32)5-16(29)4-13/h1-8,10-11,23H,(H,35,38)(H,36,39). The fraction of sp³-hybridized carbons (Fsp3) is 0.0769. The van der Waals surface area contributed by atoms with Gasteiger partial charge in [0.15, 0.2) is 0 Å². The predicted octanol–water partition coefficient (Wildman–Crippen LogP) is 5.78. The lowest BCUT2D eigenvalue weighted by atomic mass is 9.95. The van der Waals surface area contributed by atoms with Crippen LogP contribution in [0, 0.1) is 23.0 Å². The van der Waals surface area contributed by atoms with Crippen molar-refractivity contribution in [3.05, 3.63) is 111 Å². The zero-order chi connectivity index (χ0) is 28.1. The van der Waals surface area contributed by atoms with Gasteiger partial charge in [-0.05, 0) is 48.5 Å². The maximum Gasteiger partial charge on any atom is 0.416 e. The van der Waals surface area contributed by atoms with Crippen molar-refractivity contribution in [1.82, 2.24) is 15.1 Å². The lowest BCUT2D eigenvalue weighted by Crippen LogP contribution is -2.21. The van der Waals surface area contributed by atoms with Crippen LogP contribution in [-0.4, -0.2) is 21.6 Å². The number of amides is 2. The monoisotopic (exact) mass is 557 g/mol. The Bertz CT molecular complexity index is 1710.